The molecular formula is C13H14BrN3O2. The summed E-state index contributed by atoms with van der Waals surface area (Å²) in [6.07, 6.45) is 3.48. The maximum Gasteiger partial charge on any atom is 0.273 e. The molecule has 5 nitrogen and oxygen atoms in total. The van der Waals surface area contributed by atoms with E-state index < -0.39 is 0 Å². The quantitative estimate of drug-likeness (QED) is 0.920. The summed E-state index contributed by atoms with van der Waals surface area (Å²) >= 11 is 3.34. The molecule has 0 saturated heterocycles. The number of amides is 1. The molecular weight excluding hydrogens is 310 g/mol. The Hall–Kier alpha value is -1.66. The van der Waals surface area contributed by atoms with Gasteiger partial charge in [-0.05, 0) is 24.3 Å². The number of pyridine rings is 1. The van der Waals surface area contributed by atoms with E-state index in [0.29, 0.717) is 24.7 Å². The molecule has 6 heteroatoms. The van der Waals surface area contributed by atoms with E-state index in [1.165, 1.54) is 0 Å². The van der Waals surface area contributed by atoms with Crippen LogP contribution in [0.2, 0.25) is 0 Å². The van der Waals surface area contributed by atoms with E-state index in [1.54, 1.807) is 31.5 Å². The summed E-state index contributed by atoms with van der Waals surface area (Å²) in [5.74, 6) is 0.325. The topological polar surface area (TPSA) is 56.1 Å². The van der Waals surface area contributed by atoms with Crippen molar-refractivity contribution in [2.45, 2.75) is 6.54 Å². The van der Waals surface area contributed by atoms with Crippen LogP contribution in [0.25, 0.3) is 0 Å². The minimum Gasteiger partial charge on any atom is -0.383 e. The number of hydrogen-bond acceptors (Lipinski definition) is 3. The summed E-state index contributed by atoms with van der Waals surface area (Å²) in [6, 6.07) is 7.15. The molecule has 2 aromatic rings. The highest BCUT2D eigenvalue weighted by Crippen LogP contribution is 2.14. The zero-order chi connectivity index (χ0) is 13.7. The van der Waals surface area contributed by atoms with Crippen molar-refractivity contribution >= 4 is 27.7 Å². The van der Waals surface area contributed by atoms with Gasteiger partial charge in [-0.3, -0.25) is 4.79 Å². The van der Waals surface area contributed by atoms with E-state index in [9.17, 15) is 4.79 Å². The number of carbonyl (C=O) groups is 1. The van der Waals surface area contributed by atoms with Crippen molar-refractivity contribution in [1.82, 2.24) is 9.55 Å². The Bertz CT molecular complexity index is 569. The predicted octanol–water partition coefficient (Wildman–Crippen LogP) is 2.54. The van der Waals surface area contributed by atoms with Crippen LogP contribution in [0.4, 0.5) is 5.82 Å². The number of hydrogen-bond donors (Lipinski definition) is 1. The van der Waals surface area contributed by atoms with Crippen LogP contribution in [-0.2, 0) is 11.3 Å². The third-order valence-corrected chi connectivity index (χ3v) is 3.06. The molecule has 1 amide bonds. The Morgan fingerprint density at radius 2 is 2.37 bits per heavy atom. The minimum atomic E-state index is -0.188. The zero-order valence-electron chi connectivity index (χ0n) is 10.5. The second-order valence-electron chi connectivity index (χ2n) is 3.89. The number of ether oxygens (including phenoxy) is 1. The Labute approximate surface area is 119 Å². The van der Waals surface area contributed by atoms with E-state index in [4.69, 9.17) is 4.74 Å². The molecule has 2 heterocycles. The number of methoxy groups -OCH3 is 1. The first kappa shape index (κ1) is 13.8. The van der Waals surface area contributed by atoms with Gasteiger partial charge < -0.3 is 14.6 Å². The van der Waals surface area contributed by atoms with Gasteiger partial charge in [-0.15, -0.1) is 0 Å². The Morgan fingerprint density at radius 1 is 1.53 bits per heavy atom. The van der Waals surface area contributed by atoms with Crippen LogP contribution in [0.1, 0.15) is 10.5 Å². The van der Waals surface area contributed by atoms with E-state index in [1.807, 2.05) is 16.8 Å². The highest BCUT2D eigenvalue weighted by molar-refractivity contribution is 9.10. The second kappa shape index (κ2) is 6.49. The molecule has 0 radical (unpaired) electrons. The number of halogens is 1. The lowest BCUT2D eigenvalue weighted by Gasteiger charge is -2.09. The molecule has 0 aromatic carbocycles. The van der Waals surface area contributed by atoms with E-state index >= 15 is 0 Å². The molecule has 0 aliphatic heterocycles. The molecule has 0 saturated carbocycles. The summed E-state index contributed by atoms with van der Waals surface area (Å²) in [5.41, 5.74) is 0.582. The van der Waals surface area contributed by atoms with Crippen LogP contribution in [0.3, 0.4) is 0 Å². The van der Waals surface area contributed by atoms with Gasteiger partial charge in [-0.2, -0.15) is 0 Å². The van der Waals surface area contributed by atoms with Gasteiger partial charge in [0.2, 0.25) is 0 Å². The average molecular weight is 324 g/mol. The van der Waals surface area contributed by atoms with Crippen molar-refractivity contribution in [1.29, 1.82) is 0 Å². The molecule has 2 aromatic heterocycles. The fourth-order valence-corrected chi connectivity index (χ4v) is 1.99. The van der Waals surface area contributed by atoms with Crippen LogP contribution < -0.4 is 5.32 Å². The third kappa shape index (κ3) is 3.65. The number of carbonyl (C=O) groups excluding carboxylic acids is 1. The lowest BCUT2D eigenvalue weighted by molar-refractivity contribution is 0.101. The average Bonchev–Trinajstić information content (AvgIpc) is 2.84. The lowest BCUT2D eigenvalue weighted by Crippen LogP contribution is -2.18. The van der Waals surface area contributed by atoms with Crippen LogP contribution in [0.15, 0.2) is 41.1 Å². The van der Waals surface area contributed by atoms with Gasteiger partial charge in [0, 0.05) is 30.5 Å². The third-order valence-electron chi connectivity index (χ3n) is 2.56. The molecule has 0 spiro atoms. The smallest absolute Gasteiger partial charge is 0.273 e. The van der Waals surface area contributed by atoms with Gasteiger partial charge in [0.25, 0.3) is 5.91 Å². The number of aromatic nitrogens is 2. The van der Waals surface area contributed by atoms with Crippen LogP contribution in [0, 0.1) is 0 Å². The summed E-state index contributed by atoms with van der Waals surface area (Å²) < 4.78 is 7.72. The lowest BCUT2D eigenvalue weighted by atomic mass is 10.4. The normalized spacial score (nSPS) is 10.4. The highest BCUT2D eigenvalue weighted by atomic mass is 79.9. The fourth-order valence-electron chi connectivity index (χ4n) is 1.66. The Balaban J connectivity index is 2.09. The first-order chi connectivity index (χ1) is 9.20. The summed E-state index contributed by atoms with van der Waals surface area (Å²) in [4.78, 5) is 16.2. The van der Waals surface area contributed by atoms with Gasteiger partial charge in [-0.25, -0.2) is 4.98 Å². The zero-order valence-corrected chi connectivity index (χ0v) is 12.1. The van der Waals surface area contributed by atoms with Gasteiger partial charge in [-0.1, -0.05) is 15.9 Å². The van der Waals surface area contributed by atoms with Gasteiger partial charge in [0.15, 0.2) is 0 Å². The number of nitrogens with one attached hydrogen (secondary N) is 1. The van der Waals surface area contributed by atoms with Gasteiger partial charge >= 0.3 is 0 Å². The maximum absolute atomic E-state index is 12.1. The first-order valence-electron chi connectivity index (χ1n) is 5.77. The van der Waals surface area contributed by atoms with Crippen molar-refractivity contribution in [2.75, 3.05) is 19.0 Å². The van der Waals surface area contributed by atoms with E-state index in [2.05, 4.69) is 26.2 Å². The monoisotopic (exact) mass is 323 g/mol. The Kier molecular flexibility index (Phi) is 4.70. The standard InChI is InChI=1S/C13H14BrN3O2/c1-19-8-7-17-6-2-3-11(17)13(18)16-12-9-10(14)4-5-15-12/h2-6,9H,7-8H2,1H3,(H,15,16,18). The molecule has 19 heavy (non-hydrogen) atoms. The molecule has 0 unspecified atom stereocenters. The number of rotatable bonds is 5. The van der Waals surface area contributed by atoms with Crippen LogP contribution in [-0.4, -0.2) is 29.2 Å². The van der Waals surface area contributed by atoms with Crippen molar-refractivity contribution in [3.05, 3.63) is 46.8 Å². The fraction of sp³-hybridized carbons (Fsp3) is 0.231. The van der Waals surface area contributed by atoms with Crippen molar-refractivity contribution in [3.8, 4) is 0 Å². The van der Waals surface area contributed by atoms with Crippen molar-refractivity contribution in [3.63, 3.8) is 0 Å². The Morgan fingerprint density at radius 3 is 3.11 bits per heavy atom. The predicted molar refractivity (Wildman–Crippen MR) is 76.2 cm³/mol. The largest absolute Gasteiger partial charge is 0.383 e. The van der Waals surface area contributed by atoms with E-state index in [-0.39, 0.29) is 5.91 Å². The molecule has 0 bridgehead atoms. The van der Waals surface area contributed by atoms with Gasteiger partial charge in [0.1, 0.15) is 11.5 Å². The molecule has 0 atom stereocenters. The molecule has 100 valence electrons. The highest BCUT2D eigenvalue weighted by Gasteiger charge is 2.11. The van der Waals surface area contributed by atoms with Crippen molar-refractivity contribution < 1.29 is 9.53 Å². The van der Waals surface area contributed by atoms with Crippen molar-refractivity contribution in [2.24, 2.45) is 0 Å². The molecule has 1 N–H and O–H groups in total. The van der Waals surface area contributed by atoms with Crippen LogP contribution >= 0.6 is 15.9 Å². The summed E-state index contributed by atoms with van der Waals surface area (Å²) in [5, 5.41) is 2.76. The molecule has 0 aliphatic rings. The molecule has 0 fully saturated rings. The van der Waals surface area contributed by atoms with Gasteiger partial charge in [0.05, 0.1) is 6.61 Å². The second-order valence-corrected chi connectivity index (χ2v) is 4.81. The van der Waals surface area contributed by atoms with E-state index in [0.717, 1.165) is 4.47 Å². The van der Waals surface area contributed by atoms with Crippen LogP contribution in [0.5, 0.6) is 0 Å². The summed E-state index contributed by atoms with van der Waals surface area (Å²) in [6.45, 7) is 1.20. The molecule has 0 aliphatic carbocycles. The number of nitrogens with zero attached hydrogens (tertiary/aromatic N) is 2. The molecule has 2 rings (SSSR count). The SMILES string of the molecule is COCCn1cccc1C(=O)Nc1cc(Br)ccn1. The first-order valence-corrected chi connectivity index (χ1v) is 6.57. The minimum absolute atomic E-state index is 0.188. The summed E-state index contributed by atoms with van der Waals surface area (Å²) in [7, 11) is 1.63. The maximum atomic E-state index is 12.1. The number of anilines is 1.